The van der Waals surface area contributed by atoms with Gasteiger partial charge in [-0.2, -0.15) is 0 Å². The molecule has 0 aliphatic carbocycles. The molecule has 0 fully saturated rings. The maximum Gasteiger partial charge on any atom is 0.0449 e. The van der Waals surface area contributed by atoms with Crippen LogP contribution in [0.15, 0.2) is 72.8 Å². The van der Waals surface area contributed by atoms with Crippen LogP contribution in [0.5, 0.6) is 0 Å². The van der Waals surface area contributed by atoms with Crippen molar-refractivity contribution in [3.8, 4) is 0 Å². The monoisotopic (exact) mass is 284 g/mol. The molecule has 0 bridgehead atoms. The smallest absolute Gasteiger partial charge is 0.0449 e. The van der Waals surface area contributed by atoms with Gasteiger partial charge in [0.25, 0.3) is 0 Å². The molecule has 0 aromatic heterocycles. The van der Waals surface area contributed by atoms with Crippen LogP contribution >= 0.6 is 23.8 Å². The minimum absolute atomic E-state index is 0.722. The predicted octanol–water partition coefficient (Wildman–Crippen LogP) is 5.33. The van der Waals surface area contributed by atoms with Crippen LogP contribution in [0.25, 0.3) is 6.08 Å². The summed E-state index contributed by atoms with van der Waals surface area (Å²) in [6, 6.07) is 17.7. The molecule has 0 spiro atoms. The van der Waals surface area contributed by atoms with Crippen molar-refractivity contribution in [1.29, 1.82) is 0 Å². The van der Waals surface area contributed by atoms with E-state index in [-0.39, 0.29) is 0 Å². The van der Waals surface area contributed by atoms with E-state index in [9.17, 15) is 0 Å². The van der Waals surface area contributed by atoms with E-state index in [0.29, 0.717) is 0 Å². The molecule has 2 aromatic carbocycles. The standard InChI is InChI=1S/C17H13ClS/c18-16-12-10-15(11-13-16)17(19)9-5-4-8-14-6-2-1-3-7-14/h1-13H/b8-4+,9-5+. The van der Waals surface area contributed by atoms with Crippen molar-refractivity contribution in [1.82, 2.24) is 0 Å². The summed E-state index contributed by atoms with van der Waals surface area (Å²) < 4.78 is 0. The van der Waals surface area contributed by atoms with Crippen molar-refractivity contribution in [2.75, 3.05) is 0 Å². The molecule has 0 heterocycles. The molecule has 94 valence electrons. The Labute approximate surface area is 124 Å². The van der Waals surface area contributed by atoms with Gasteiger partial charge in [0.1, 0.15) is 0 Å². The summed E-state index contributed by atoms with van der Waals surface area (Å²) >= 11 is 11.2. The first-order valence-corrected chi connectivity index (χ1v) is 6.74. The van der Waals surface area contributed by atoms with Crippen molar-refractivity contribution >= 4 is 34.8 Å². The van der Waals surface area contributed by atoms with Gasteiger partial charge in [-0.1, -0.05) is 84.5 Å². The largest absolute Gasteiger partial charge is 0.0843 e. The second-order valence-corrected chi connectivity index (χ2v) is 4.88. The van der Waals surface area contributed by atoms with Gasteiger partial charge in [-0.15, -0.1) is 0 Å². The van der Waals surface area contributed by atoms with Crippen LogP contribution in [-0.2, 0) is 0 Å². The lowest BCUT2D eigenvalue weighted by atomic mass is 10.1. The summed E-state index contributed by atoms with van der Waals surface area (Å²) in [7, 11) is 0. The normalized spacial score (nSPS) is 11.2. The molecular weight excluding hydrogens is 272 g/mol. The molecule has 0 radical (unpaired) electrons. The minimum Gasteiger partial charge on any atom is -0.0843 e. The maximum absolute atomic E-state index is 5.84. The highest BCUT2D eigenvalue weighted by molar-refractivity contribution is 7.81. The van der Waals surface area contributed by atoms with Crippen LogP contribution in [-0.4, -0.2) is 4.86 Å². The van der Waals surface area contributed by atoms with E-state index < -0.39 is 0 Å². The summed E-state index contributed by atoms with van der Waals surface area (Å²) in [5, 5.41) is 0.722. The second-order valence-electron chi connectivity index (χ2n) is 4.00. The molecule has 0 atom stereocenters. The van der Waals surface area contributed by atoms with Crippen molar-refractivity contribution < 1.29 is 0 Å². The Balaban J connectivity index is 1.97. The lowest BCUT2D eigenvalue weighted by molar-refractivity contribution is 1.66. The van der Waals surface area contributed by atoms with Crippen LogP contribution < -0.4 is 0 Å². The van der Waals surface area contributed by atoms with Gasteiger partial charge in [-0.05, 0) is 29.3 Å². The lowest BCUT2D eigenvalue weighted by Crippen LogP contribution is -1.90. The van der Waals surface area contributed by atoms with Crippen LogP contribution in [0.2, 0.25) is 5.02 Å². The molecule has 2 rings (SSSR count). The topological polar surface area (TPSA) is 0 Å². The highest BCUT2D eigenvalue weighted by Crippen LogP contribution is 2.11. The zero-order valence-electron chi connectivity index (χ0n) is 10.3. The lowest BCUT2D eigenvalue weighted by Gasteiger charge is -1.97. The second kappa shape index (κ2) is 7.03. The molecular formula is C17H13ClS. The molecule has 0 amide bonds. The highest BCUT2D eigenvalue weighted by atomic mass is 35.5. The zero-order valence-corrected chi connectivity index (χ0v) is 11.9. The first kappa shape index (κ1) is 13.7. The summed E-state index contributed by atoms with van der Waals surface area (Å²) in [4.78, 5) is 0.800. The average Bonchev–Trinajstić information content (AvgIpc) is 2.45. The Bertz CT molecular complexity index is 595. The molecule has 2 aromatic rings. The Kier molecular flexibility index (Phi) is 5.08. The van der Waals surface area contributed by atoms with E-state index in [1.54, 1.807) is 0 Å². The van der Waals surface area contributed by atoms with Gasteiger partial charge in [0, 0.05) is 9.89 Å². The molecule has 2 heteroatoms. The van der Waals surface area contributed by atoms with E-state index in [1.165, 1.54) is 5.56 Å². The summed E-state index contributed by atoms with van der Waals surface area (Å²) in [6.07, 6.45) is 7.89. The van der Waals surface area contributed by atoms with Gasteiger partial charge in [0.05, 0.1) is 0 Å². The van der Waals surface area contributed by atoms with Crippen molar-refractivity contribution in [2.24, 2.45) is 0 Å². The first-order valence-electron chi connectivity index (χ1n) is 5.95. The van der Waals surface area contributed by atoms with Crippen molar-refractivity contribution in [3.05, 3.63) is 89.0 Å². The molecule has 0 aliphatic heterocycles. The van der Waals surface area contributed by atoms with Crippen LogP contribution in [0.3, 0.4) is 0 Å². The zero-order chi connectivity index (χ0) is 13.5. The fourth-order valence-corrected chi connectivity index (χ4v) is 1.92. The Morgan fingerprint density at radius 3 is 2.26 bits per heavy atom. The summed E-state index contributed by atoms with van der Waals surface area (Å²) in [6.45, 7) is 0. The quantitative estimate of drug-likeness (QED) is 0.317. The molecule has 19 heavy (non-hydrogen) atoms. The van der Waals surface area contributed by atoms with Gasteiger partial charge < -0.3 is 0 Å². The molecule has 0 unspecified atom stereocenters. The fourth-order valence-electron chi connectivity index (χ4n) is 1.58. The minimum atomic E-state index is 0.722. The number of hydrogen-bond acceptors (Lipinski definition) is 1. The number of benzene rings is 2. The van der Waals surface area contributed by atoms with E-state index in [4.69, 9.17) is 23.8 Å². The Morgan fingerprint density at radius 2 is 1.58 bits per heavy atom. The van der Waals surface area contributed by atoms with E-state index >= 15 is 0 Å². The number of hydrogen-bond donors (Lipinski definition) is 0. The number of halogens is 1. The van der Waals surface area contributed by atoms with E-state index in [2.05, 4.69) is 12.1 Å². The van der Waals surface area contributed by atoms with E-state index in [0.717, 1.165) is 15.5 Å². The Hall–Kier alpha value is -1.70. The van der Waals surface area contributed by atoms with Gasteiger partial charge >= 0.3 is 0 Å². The highest BCUT2D eigenvalue weighted by Gasteiger charge is 1.95. The molecule has 0 aliphatic rings. The first-order chi connectivity index (χ1) is 9.25. The molecule has 0 N–H and O–H groups in total. The third-order valence-corrected chi connectivity index (χ3v) is 3.20. The van der Waals surface area contributed by atoms with Gasteiger partial charge in [-0.25, -0.2) is 0 Å². The van der Waals surface area contributed by atoms with Gasteiger partial charge in [0.2, 0.25) is 0 Å². The van der Waals surface area contributed by atoms with E-state index in [1.807, 2.05) is 66.8 Å². The van der Waals surface area contributed by atoms with Gasteiger partial charge in [0.15, 0.2) is 0 Å². The molecule has 0 saturated carbocycles. The van der Waals surface area contributed by atoms with Crippen LogP contribution in [0, 0.1) is 0 Å². The third-order valence-electron chi connectivity index (χ3n) is 2.58. The predicted molar refractivity (Wildman–Crippen MR) is 87.8 cm³/mol. The van der Waals surface area contributed by atoms with Crippen molar-refractivity contribution in [2.45, 2.75) is 0 Å². The molecule has 0 nitrogen and oxygen atoms in total. The SMILES string of the molecule is S=C(/C=C/C=C/c1ccccc1)c1ccc(Cl)cc1. The number of allylic oxidation sites excluding steroid dienone is 3. The van der Waals surface area contributed by atoms with Crippen LogP contribution in [0.1, 0.15) is 11.1 Å². The Morgan fingerprint density at radius 1 is 0.895 bits per heavy atom. The van der Waals surface area contributed by atoms with Crippen LogP contribution in [0.4, 0.5) is 0 Å². The fraction of sp³-hybridized carbons (Fsp3) is 0. The van der Waals surface area contributed by atoms with Gasteiger partial charge in [-0.3, -0.25) is 0 Å². The maximum atomic E-state index is 5.84. The summed E-state index contributed by atoms with van der Waals surface area (Å²) in [5.74, 6) is 0. The number of thiocarbonyl (C=S) groups is 1. The summed E-state index contributed by atoms with van der Waals surface area (Å²) in [5.41, 5.74) is 2.17. The average molecular weight is 285 g/mol. The molecule has 0 saturated heterocycles. The number of rotatable bonds is 4. The van der Waals surface area contributed by atoms with Crippen molar-refractivity contribution in [3.63, 3.8) is 0 Å². The third kappa shape index (κ3) is 4.47.